The van der Waals surface area contributed by atoms with Gasteiger partial charge >= 0.3 is 17.9 Å². The Hall–Kier alpha value is -2.37. The minimum Gasteiger partial charge on any atom is -0.460 e. The second-order valence-corrected chi connectivity index (χ2v) is 9.55. The molecule has 170 valence electrons. The molecule has 0 radical (unpaired) electrons. The number of esters is 3. The zero-order valence-corrected chi connectivity index (χ0v) is 19.4. The van der Waals surface area contributed by atoms with Crippen molar-refractivity contribution in [1.82, 2.24) is 0 Å². The summed E-state index contributed by atoms with van der Waals surface area (Å²) >= 11 is 0. The first-order valence-electron chi connectivity index (χ1n) is 11.1. The van der Waals surface area contributed by atoms with Gasteiger partial charge in [0.2, 0.25) is 0 Å². The summed E-state index contributed by atoms with van der Waals surface area (Å²) in [5.74, 6) is -1.34. The molecule has 6 atom stereocenters. The fourth-order valence-electron chi connectivity index (χ4n) is 5.57. The third kappa shape index (κ3) is 3.54. The van der Waals surface area contributed by atoms with Crippen molar-refractivity contribution in [2.45, 2.75) is 73.0 Å². The normalized spacial score (nSPS) is 38.1. The number of cyclic esters (lactones) is 1. The van der Waals surface area contributed by atoms with Crippen LogP contribution in [0, 0.1) is 22.7 Å². The number of carbonyl (C=O) groups excluding carboxylic acids is 3. The Balaban J connectivity index is 2.10. The van der Waals surface area contributed by atoms with Crippen LogP contribution in [0.2, 0.25) is 0 Å². The van der Waals surface area contributed by atoms with Crippen LogP contribution in [0.5, 0.6) is 0 Å². The first-order valence-corrected chi connectivity index (χ1v) is 11.1. The van der Waals surface area contributed by atoms with Crippen LogP contribution in [0.4, 0.5) is 0 Å². The Labute approximate surface area is 184 Å². The van der Waals surface area contributed by atoms with Crippen molar-refractivity contribution < 1.29 is 28.6 Å². The Morgan fingerprint density at radius 3 is 2.19 bits per heavy atom. The van der Waals surface area contributed by atoms with Crippen molar-refractivity contribution in [2.24, 2.45) is 22.7 Å². The van der Waals surface area contributed by atoms with E-state index in [1.165, 1.54) is 0 Å². The van der Waals surface area contributed by atoms with Gasteiger partial charge in [0.25, 0.3) is 0 Å². The summed E-state index contributed by atoms with van der Waals surface area (Å²) in [5.41, 5.74) is 0.126. The molecule has 3 aliphatic rings. The van der Waals surface area contributed by atoms with Gasteiger partial charge in [-0.25, -0.2) is 9.59 Å². The number of allylic oxidation sites excluding steroid dienone is 2. The molecule has 1 heterocycles. The molecule has 1 aliphatic heterocycles. The molecular weight excluding hydrogens is 396 g/mol. The molecule has 0 amide bonds. The van der Waals surface area contributed by atoms with Gasteiger partial charge < -0.3 is 14.2 Å². The highest BCUT2D eigenvalue weighted by Gasteiger charge is 2.72. The SMILES string of the molecule is C=C1COC(=O)C12CC1(C)C(C)CCC(OC(=O)/C(C)=C/C)C1C2OC(=O)/C(C)=C/C. The van der Waals surface area contributed by atoms with E-state index in [9.17, 15) is 14.4 Å². The largest absolute Gasteiger partial charge is 0.460 e. The molecule has 0 aromatic carbocycles. The van der Waals surface area contributed by atoms with E-state index < -0.39 is 29.6 Å². The number of carbonyl (C=O) groups is 3. The highest BCUT2D eigenvalue weighted by molar-refractivity contribution is 5.90. The van der Waals surface area contributed by atoms with Crippen LogP contribution in [0.25, 0.3) is 0 Å². The molecule has 6 heteroatoms. The van der Waals surface area contributed by atoms with Crippen LogP contribution in [0.1, 0.15) is 60.8 Å². The molecule has 1 spiro atoms. The lowest BCUT2D eigenvalue weighted by molar-refractivity contribution is -0.172. The summed E-state index contributed by atoms with van der Waals surface area (Å²) in [5, 5.41) is 0. The van der Waals surface area contributed by atoms with Gasteiger partial charge in [-0.15, -0.1) is 0 Å². The predicted octanol–water partition coefficient (Wildman–Crippen LogP) is 4.30. The number of rotatable bonds is 4. The van der Waals surface area contributed by atoms with Crippen molar-refractivity contribution >= 4 is 17.9 Å². The van der Waals surface area contributed by atoms with Gasteiger partial charge in [0.1, 0.15) is 24.2 Å². The molecule has 2 saturated carbocycles. The van der Waals surface area contributed by atoms with E-state index in [0.717, 1.165) is 6.42 Å². The van der Waals surface area contributed by atoms with Gasteiger partial charge in [-0.3, -0.25) is 4.79 Å². The van der Waals surface area contributed by atoms with Gasteiger partial charge in [-0.2, -0.15) is 0 Å². The lowest BCUT2D eigenvalue weighted by Gasteiger charge is -2.46. The van der Waals surface area contributed by atoms with Gasteiger partial charge in [0, 0.05) is 17.1 Å². The maximum Gasteiger partial charge on any atom is 0.333 e. The summed E-state index contributed by atoms with van der Waals surface area (Å²) in [4.78, 5) is 38.6. The summed E-state index contributed by atoms with van der Waals surface area (Å²) in [6, 6.07) is 0. The van der Waals surface area contributed by atoms with Gasteiger partial charge in [0.05, 0.1) is 0 Å². The van der Waals surface area contributed by atoms with Gasteiger partial charge in [-0.05, 0) is 63.9 Å². The van der Waals surface area contributed by atoms with Crippen LogP contribution in [-0.4, -0.2) is 36.7 Å². The maximum absolute atomic E-state index is 13.1. The van der Waals surface area contributed by atoms with Gasteiger partial charge in [-0.1, -0.05) is 32.6 Å². The Morgan fingerprint density at radius 1 is 1.10 bits per heavy atom. The Kier molecular flexibility index (Phi) is 6.23. The van der Waals surface area contributed by atoms with Crippen molar-refractivity contribution in [2.75, 3.05) is 6.61 Å². The third-order valence-electron chi connectivity index (χ3n) is 8.02. The van der Waals surface area contributed by atoms with E-state index in [1.807, 2.05) is 0 Å². The predicted molar refractivity (Wildman–Crippen MR) is 116 cm³/mol. The van der Waals surface area contributed by atoms with E-state index in [-0.39, 0.29) is 29.8 Å². The van der Waals surface area contributed by atoms with Gasteiger partial charge in [0.15, 0.2) is 0 Å². The molecule has 1 saturated heterocycles. The first kappa shape index (κ1) is 23.3. The highest BCUT2D eigenvalue weighted by Crippen LogP contribution is 2.66. The van der Waals surface area contributed by atoms with Crippen LogP contribution in [-0.2, 0) is 28.6 Å². The highest BCUT2D eigenvalue weighted by atomic mass is 16.6. The average molecular weight is 431 g/mol. The van der Waals surface area contributed by atoms with Crippen molar-refractivity contribution in [3.8, 4) is 0 Å². The fraction of sp³-hybridized carbons (Fsp3) is 0.640. The molecule has 3 rings (SSSR count). The topological polar surface area (TPSA) is 78.9 Å². The molecule has 6 nitrogen and oxygen atoms in total. The zero-order valence-electron chi connectivity index (χ0n) is 19.4. The van der Waals surface area contributed by atoms with Crippen molar-refractivity contribution in [3.05, 3.63) is 35.5 Å². The van der Waals surface area contributed by atoms with E-state index in [2.05, 4.69) is 20.4 Å². The molecule has 0 aromatic rings. The molecular formula is C25H34O6. The minimum absolute atomic E-state index is 0.120. The quantitative estimate of drug-likeness (QED) is 0.286. The van der Waals surface area contributed by atoms with Crippen molar-refractivity contribution in [3.63, 3.8) is 0 Å². The maximum atomic E-state index is 13.1. The molecule has 31 heavy (non-hydrogen) atoms. The smallest absolute Gasteiger partial charge is 0.333 e. The van der Waals surface area contributed by atoms with Crippen LogP contribution < -0.4 is 0 Å². The number of ether oxygens (including phenoxy) is 3. The molecule has 0 aromatic heterocycles. The Bertz CT molecular complexity index is 849. The molecule has 0 N–H and O–H groups in total. The molecule has 3 fully saturated rings. The molecule has 2 aliphatic carbocycles. The van der Waals surface area contributed by atoms with Crippen LogP contribution in [0.3, 0.4) is 0 Å². The zero-order chi connectivity index (χ0) is 23.1. The lowest BCUT2D eigenvalue weighted by Crippen LogP contribution is -2.50. The second-order valence-electron chi connectivity index (χ2n) is 9.55. The van der Waals surface area contributed by atoms with E-state index >= 15 is 0 Å². The number of fused-ring (bicyclic) bond motifs is 1. The van der Waals surface area contributed by atoms with E-state index in [0.29, 0.717) is 29.6 Å². The third-order valence-corrected chi connectivity index (χ3v) is 8.02. The summed E-state index contributed by atoms with van der Waals surface area (Å²) in [6.45, 7) is 15.5. The number of hydrogen-bond acceptors (Lipinski definition) is 6. The first-order chi connectivity index (χ1) is 14.5. The monoisotopic (exact) mass is 430 g/mol. The molecule has 0 bridgehead atoms. The average Bonchev–Trinajstić information content (AvgIpc) is 3.18. The van der Waals surface area contributed by atoms with E-state index in [1.54, 1.807) is 39.8 Å². The minimum atomic E-state index is -1.11. The van der Waals surface area contributed by atoms with Crippen molar-refractivity contribution in [1.29, 1.82) is 0 Å². The van der Waals surface area contributed by atoms with E-state index in [4.69, 9.17) is 14.2 Å². The summed E-state index contributed by atoms with van der Waals surface area (Å²) in [7, 11) is 0. The number of hydrogen-bond donors (Lipinski definition) is 0. The summed E-state index contributed by atoms with van der Waals surface area (Å²) in [6.07, 6.45) is 4.10. The Morgan fingerprint density at radius 2 is 1.68 bits per heavy atom. The molecule has 6 unspecified atom stereocenters. The lowest BCUT2D eigenvalue weighted by atomic mass is 9.61. The second kappa shape index (κ2) is 8.29. The standard InChI is InChI=1S/C25H34O6/c1-8-14(3)21(26)30-18-11-10-16(5)24(7)13-25(17(6)12-29-23(25)28)20(19(18)24)31-22(27)15(4)9-2/h8-9,16,18-20H,6,10-13H2,1-5,7H3/b14-8+,15-9+. The van der Waals surface area contributed by atoms with Crippen LogP contribution >= 0.6 is 0 Å². The fourth-order valence-corrected chi connectivity index (χ4v) is 5.57. The summed E-state index contributed by atoms with van der Waals surface area (Å²) < 4.78 is 17.4. The van der Waals surface area contributed by atoms with Crippen LogP contribution in [0.15, 0.2) is 35.5 Å².